The highest BCUT2D eigenvalue weighted by Gasteiger charge is 2.30. The number of nitrogens with one attached hydrogen (secondary N) is 1. The van der Waals surface area contributed by atoms with Crippen LogP contribution in [0.3, 0.4) is 0 Å². The molecule has 1 N–H and O–H groups in total. The number of fused-ring (bicyclic) bond motifs is 1. The first-order valence-corrected chi connectivity index (χ1v) is 10.4. The molecule has 1 aliphatic heterocycles. The van der Waals surface area contributed by atoms with Crippen molar-refractivity contribution in [1.82, 2.24) is 4.98 Å². The van der Waals surface area contributed by atoms with Crippen LogP contribution in [0.4, 0.5) is 24.5 Å². The molecule has 5 nitrogen and oxygen atoms in total. The number of halogens is 3. The first-order valence-electron chi connectivity index (χ1n) is 9.53. The summed E-state index contributed by atoms with van der Waals surface area (Å²) in [5, 5.41) is 5.11. The average molecular weight is 445 g/mol. The van der Waals surface area contributed by atoms with Crippen LogP contribution >= 0.6 is 11.3 Å². The van der Waals surface area contributed by atoms with E-state index in [-0.39, 0.29) is 18.2 Å². The number of alkyl halides is 3. The van der Waals surface area contributed by atoms with E-state index in [9.17, 15) is 22.8 Å². The Hall–Kier alpha value is -3.20. The van der Waals surface area contributed by atoms with Gasteiger partial charge in [-0.15, -0.1) is 11.3 Å². The van der Waals surface area contributed by atoms with Gasteiger partial charge in [-0.1, -0.05) is 12.1 Å². The van der Waals surface area contributed by atoms with E-state index in [1.807, 2.05) is 12.1 Å². The van der Waals surface area contributed by atoms with Gasteiger partial charge in [-0.25, -0.2) is 4.98 Å². The SMILES string of the molecule is CC(=O)N1CCc2cc(NC(=O)Cc3csc(-c4ccc(C(F)(F)F)cc4)n3)ccc21. The van der Waals surface area contributed by atoms with E-state index in [4.69, 9.17) is 0 Å². The van der Waals surface area contributed by atoms with Crippen LogP contribution in [0.5, 0.6) is 0 Å². The van der Waals surface area contributed by atoms with Gasteiger partial charge in [-0.2, -0.15) is 13.2 Å². The van der Waals surface area contributed by atoms with Crippen molar-refractivity contribution in [1.29, 1.82) is 0 Å². The number of amides is 2. The van der Waals surface area contributed by atoms with E-state index < -0.39 is 11.7 Å². The lowest BCUT2D eigenvalue weighted by atomic mass is 10.1. The van der Waals surface area contributed by atoms with Gasteiger partial charge in [-0.3, -0.25) is 9.59 Å². The Morgan fingerprint density at radius 3 is 2.58 bits per heavy atom. The molecule has 1 aromatic heterocycles. The summed E-state index contributed by atoms with van der Waals surface area (Å²) < 4.78 is 38.1. The molecule has 0 saturated heterocycles. The van der Waals surface area contributed by atoms with E-state index in [0.29, 0.717) is 28.5 Å². The standard InChI is InChI=1S/C22H18F3N3O2S/c1-13(29)28-9-8-15-10-17(6-7-19(15)28)26-20(30)11-18-12-31-21(27-18)14-2-4-16(5-3-14)22(23,24)25/h2-7,10,12H,8-9,11H2,1H3,(H,26,30). The van der Waals surface area contributed by atoms with Crippen molar-refractivity contribution >= 4 is 34.5 Å². The number of hydrogen-bond acceptors (Lipinski definition) is 4. The Balaban J connectivity index is 1.40. The lowest BCUT2D eigenvalue weighted by molar-refractivity contribution is -0.137. The first kappa shape index (κ1) is 21.0. The monoisotopic (exact) mass is 445 g/mol. The molecule has 2 heterocycles. The molecule has 9 heteroatoms. The van der Waals surface area contributed by atoms with Crippen LogP contribution in [0.25, 0.3) is 10.6 Å². The van der Waals surface area contributed by atoms with E-state index in [2.05, 4.69) is 10.3 Å². The zero-order valence-electron chi connectivity index (χ0n) is 16.5. The number of anilines is 2. The number of carbonyl (C=O) groups excluding carboxylic acids is 2. The second kappa shape index (κ2) is 8.14. The average Bonchev–Trinajstić information content (AvgIpc) is 3.34. The summed E-state index contributed by atoms with van der Waals surface area (Å²) in [6, 6.07) is 10.2. The van der Waals surface area contributed by atoms with Gasteiger partial charge in [0.15, 0.2) is 0 Å². The minimum absolute atomic E-state index is 0.0112. The molecular formula is C22H18F3N3O2S. The highest BCUT2D eigenvalue weighted by atomic mass is 32.1. The molecule has 3 aromatic rings. The van der Waals surface area contributed by atoms with Gasteiger partial charge in [-0.05, 0) is 42.3 Å². The fourth-order valence-corrected chi connectivity index (χ4v) is 4.32. The van der Waals surface area contributed by atoms with Gasteiger partial charge in [0, 0.05) is 35.8 Å². The minimum Gasteiger partial charge on any atom is -0.326 e. The van der Waals surface area contributed by atoms with Gasteiger partial charge in [0.25, 0.3) is 0 Å². The molecule has 0 fully saturated rings. The fraction of sp³-hybridized carbons (Fsp3) is 0.227. The van der Waals surface area contributed by atoms with Crippen molar-refractivity contribution in [3.05, 3.63) is 64.7 Å². The van der Waals surface area contributed by atoms with Crippen molar-refractivity contribution in [2.75, 3.05) is 16.8 Å². The summed E-state index contributed by atoms with van der Waals surface area (Å²) in [5.41, 5.74) is 2.91. The molecule has 4 rings (SSSR count). The second-order valence-electron chi connectivity index (χ2n) is 7.21. The van der Waals surface area contributed by atoms with Gasteiger partial charge in [0.1, 0.15) is 5.01 Å². The summed E-state index contributed by atoms with van der Waals surface area (Å²) in [5.74, 6) is -0.256. The largest absolute Gasteiger partial charge is 0.416 e. The number of thiazole rings is 1. The molecule has 31 heavy (non-hydrogen) atoms. The van der Waals surface area contributed by atoms with Crippen LogP contribution in [-0.2, 0) is 28.6 Å². The molecule has 2 amide bonds. The van der Waals surface area contributed by atoms with E-state index in [0.717, 1.165) is 29.8 Å². The third-order valence-corrected chi connectivity index (χ3v) is 5.93. The van der Waals surface area contributed by atoms with Crippen molar-refractivity contribution in [2.24, 2.45) is 0 Å². The molecule has 0 aliphatic carbocycles. The molecule has 0 saturated carbocycles. The Labute approximate surface area is 180 Å². The highest BCUT2D eigenvalue weighted by molar-refractivity contribution is 7.13. The molecule has 0 spiro atoms. The summed E-state index contributed by atoms with van der Waals surface area (Å²) in [7, 11) is 0. The smallest absolute Gasteiger partial charge is 0.326 e. The van der Waals surface area contributed by atoms with Crippen LogP contribution in [0.15, 0.2) is 47.8 Å². The number of hydrogen-bond donors (Lipinski definition) is 1. The fourth-order valence-electron chi connectivity index (χ4n) is 3.50. The zero-order chi connectivity index (χ0) is 22.2. The first-order chi connectivity index (χ1) is 14.7. The Bertz CT molecular complexity index is 1140. The van der Waals surface area contributed by atoms with Crippen molar-refractivity contribution in [3.8, 4) is 10.6 Å². The predicted molar refractivity (Wildman–Crippen MR) is 113 cm³/mol. The molecule has 2 aromatic carbocycles. The number of nitrogens with zero attached hydrogens (tertiary/aromatic N) is 2. The van der Waals surface area contributed by atoms with E-state index in [1.165, 1.54) is 30.4 Å². The maximum absolute atomic E-state index is 12.7. The van der Waals surface area contributed by atoms with Gasteiger partial charge in [0.2, 0.25) is 11.8 Å². The van der Waals surface area contributed by atoms with Crippen molar-refractivity contribution in [2.45, 2.75) is 25.9 Å². The van der Waals surface area contributed by atoms with Crippen LogP contribution in [0.2, 0.25) is 0 Å². The van der Waals surface area contributed by atoms with Crippen molar-refractivity contribution in [3.63, 3.8) is 0 Å². The summed E-state index contributed by atoms with van der Waals surface area (Å²) in [4.78, 5) is 30.1. The third kappa shape index (κ3) is 4.61. The van der Waals surface area contributed by atoms with Crippen LogP contribution < -0.4 is 10.2 Å². The maximum atomic E-state index is 12.7. The summed E-state index contributed by atoms with van der Waals surface area (Å²) >= 11 is 1.27. The Morgan fingerprint density at radius 2 is 1.90 bits per heavy atom. The Kier molecular flexibility index (Phi) is 5.53. The molecule has 0 radical (unpaired) electrons. The minimum atomic E-state index is -4.38. The molecule has 160 valence electrons. The zero-order valence-corrected chi connectivity index (χ0v) is 17.3. The van der Waals surface area contributed by atoms with E-state index in [1.54, 1.807) is 16.3 Å². The Morgan fingerprint density at radius 1 is 1.16 bits per heavy atom. The molecule has 0 bridgehead atoms. The lowest BCUT2D eigenvalue weighted by Crippen LogP contribution is -2.25. The second-order valence-corrected chi connectivity index (χ2v) is 8.07. The number of benzene rings is 2. The van der Waals surface area contributed by atoms with Gasteiger partial charge >= 0.3 is 6.18 Å². The van der Waals surface area contributed by atoms with Crippen LogP contribution in [0, 0.1) is 0 Å². The highest BCUT2D eigenvalue weighted by Crippen LogP contribution is 2.32. The van der Waals surface area contributed by atoms with E-state index >= 15 is 0 Å². The number of aromatic nitrogens is 1. The van der Waals surface area contributed by atoms with Crippen molar-refractivity contribution < 1.29 is 22.8 Å². The maximum Gasteiger partial charge on any atom is 0.416 e. The molecule has 0 unspecified atom stereocenters. The quantitative estimate of drug-likeness (QED) is 0.620. The molecular weight excluding hydrogens is 427 g/mol. The third-order valence-electron chi connectivity index (χ3n) is 4.99. The molecule has 0 atom stereocenters. The van der Waals surface area contributed by atoms with Gasteiger partial charge in [0.05, 0.1) is 17.7 Å². The van der Waals surface area contributed by atoms with Gasteiger partial charge < -0.3 is 10.2 Å². The predicted octanol–water partition coefficient (Wildman–Crippen LogP) is 4.92. The topological polar surface area (TPSA) is 62.3 Å². The number of carbonyl (C=O) groups is 2. The number of rotatable bonds is 4. The molecule has 1 aliphatic rings. The van der Waals surface area contributed by atoms with Crippen LogP contribution in [0.1, 0.15) is 23.7 Å². The normalized spacial score (nSPS) is 13.2. The lowest BCUT2D eigenvalue weighted by Gasteiger charge is -2.15. The van der Waals surface area contributed by atoms with Crippen LogP contribution in [-0.4, -0.2) is 23.3 Å². The summed E-state index contributed by atoms with van der Waals surface area (Å²) in [6.45, 7) is 2.16. The summed E-state index contributed by atoms with van der Waals surface area (Å²) in [6.07, 6.45) is -3.60.